The molecule has 0 aromatic heterocycles. The molecule has 7 heteroatoms. The van der Waals surface area contributed by atoms with Gasteiger partial charge in [-0.25, -0.2) is 4.79 Å². The van der Waals surface area contributed by atoms with E-state index >= 15 is 0 Å². The number of unbranched alkanes of at least 4 members (excludes halogenated alkanes) is 4. The van der Waals surface area contributed by atoms with Crippen LogP contribution in [0.2, 0.25) is 0 Å². The molecule has 0 saturated carbocycles. The van der Waals surface area contributed by atoms with Crippen LogP contribution in [-0.4, -0.2) is 30.0 Å². The van der Waals surface area contributed by atoms with Crippen LogP contribution < -0.4 is 16.4 Å². The third kappa shape index (κ3) is 10.3. The third-order valence-corrected chi connectivity index (χ3v) is 5.41. The van der Waals surface area contributed by atoms with E-state index in [2.05, 4.69) is 17.2 Å². The zero-order valence-corrected chi connectivity index (χ0v) is 19.6. The van der Waals surface area contributed by atoms with Gasteiger partial charge in [0.05, 0.1) is 0 Å². The Balaban J connectivity index is 1.96. The number of hydrogen-bond donors (Lipinski definition) is 3. The van der Waals surface area contributed by atoms with Gasteiger partial charge >= 0.3 is 6.09 Å². The van der Waals surface area contributed by atoms with E-state index in [0.717, 1.165) is 43.2 Å². The average molecular weight is 466 g/mol. The summed E-state index contributed by atoms with van der Waals surface area (Å²) >= 11 is 0. The molecule has 0 bridgehead atoms. The van der Waals surface area contributed by atoms with Gasteiger partial charge in [-0.15, -0.1) is 6.58 Å². The monoisotopic (exact) mass is 465 g/mol. The van der Waals surface area contributed by atoms with Crippen molar-refractivity contribution in [2.75, 3.05) is 0 Å². The molecule has 4 N–H and O–H groups in total. The van der Waals surface area contributed by atoms with Gasteiger partial charge in [0.2, 0.25) is 11.8 Å². The minimum Gasteiger partial charge on any atom is -0.445 e. The number of allylic oxidation sites excluding steroid dienone is 1. The summed E-state index contributed by atoms with van der Waals surface area (Å²) in [5, 5.41) is 5.35. The summed E-state index contributed by atoms with van der Waals surface area (Å²) in [6.07, 6.45) is 6.61. The molecule has 0 fully saturated rings. The molecule has 0 saturated heterocycles. The SMILES string of the molecule is C=CCCCCCC[C@H](NC(=O)[C@H](Cc1ccccc1)NC(=O)OCc1ccccc1)C(N)=O. The smallest absolute Gasteiger partial charge is 0.408 e. The van der Waals surface area contributed by atoms with Gasteiger partial charge in [-0.1, -0.05) is 86.0 Å². The lowest BCUT2D eigenvalue weighted by atomic mass is 10.0. The Morgan fingerprint density at radius 1 is 0.853 bits per heavy atom. The first-order chi connectivity index (χ1) is 16.5. The molecule has 2 aromatic carbocycles. The molecule has 0 unspecified atom stereocenters. The Bertz CT molecular complexity index is 903. The summed E-state index contributed by atoms with van der Waals surface area (Å²) in [4.78, 5) is 37.4. The number of ether oxygens (including phenoxy) is 1. The molecule has 2 atom stereocenters. The second kappa shape index (κ2) is 15.3. The first kappa shape index (κ1) is 26.6. The molecule has 0 aliphatic carbocycles. The van der Waals surface area contributed by atoms with Crippen molar-refractivity contribution in [2.24, 2.45) is 5.73 Å². The third-order valence-electron chi connectivity index (χ3n) is 5.41. The van der Waals surface area contributed by atoms with Crippen molar-refractivity contribution in [3.8, 4) is 0 Å². The minimum atomic E-state index is -0.917. The van der Waals surface area contributed by atoms with E-state index in [4.69, 9.17) is 10.5 Å². The van der Waals surface area contributed by atoms with Gasteiger partial charge in [0.15, 0.2) is 0 Å². The fourth-order valence-corrected chi connectivity index (χ4v) is 3.51. The number of hydrogen-bond acceptors (Lipinski definition) is 4. The Hall–Kier alpha value is -3.61. The maximum absolute atomic E-state index is 13.0. The summed E-state index contributed by atoms with van der Waals surface area (Å²) in [6, 6.07) is 16.9. The lowest BCUT2D eigenvalue weighted by Crippen LogP contribution is -2.53. The molecule has 2 aromatic rings. The van der Waals surface area contributed by atoms with Gasteiger partial charge in [0.25, 0.3) is 0 Å². The number of alkyl carbamates (subject to hydrolysis) is 1. The molecule has 0 aliphatic heterocycles. The van der Waals surface area contributed by atoms with Gasteiger partial charge < -0.3 is 21.1 Å². The highest BCUT2D eigenvalue weighted by atomic mass is 16.5. The molecule has 0 aliphatic rings. The zero-order chi connectivity index (χ0) is 24.6. The highest BCUT2D eigenvalue weighted by Gasteiger charge is 2.26. The topological polar surface area (TPSA) is 111 Å². The first-order valence-electron chi connectivity index (χ1n) is 11.7. The van der Waals surface area contributed by atoms with Crippen LogP contribution in [-0.2, 0) is 27.4 Å². The normalized spacial score (nSPS) is 12.2. The molecule has 3 amide bonds. The van der Waals surface area contributed by atoms with Gasteiger partial charge in [0, 0.05) is 6.42 Å². The maximum atomic E-state index is 13.0. The summed E-state index contributed by atoms with van der Waals surface area (Å²) in [6.45, 7) is 3.79. The fourth-order valence-electron chi connectivity index (χ4n) is 3.51. The molecule has 7 nitrogen and oxygen atoms in total. The average Bonchev–Trinajstić information content (AvgIpc) is 2.84. The first-order valence-corrected chi connectivity index (χ1v) is 11.7. The fraction of sp³-hybridized carbons (Fsp3) is 0.370. The van der Waals surface area contributed by atoms with Gasteiger partial charge in [-0.3, -0.25) is 9.59 Å². The molecule has 182 valence electrons. The minimum absolute atomic E-state index is 0.0854. The number of nitrogens with two attached hydrogens (primary N) is 1. The van der Waals surface area contributed by atoms with Crippen LogP contribution in [0.5, 0.6) is 0 Å². The van der Waals surface area contributed by atoms with E-state index in [1.165, 1.54) is 0 Å². The van der Waals surface area contributed by atoms with Crippen LogP contribution in [0.1, 0.15) is 49.7 Å². The molecule has 0 radical (unpaired) electrons. The molecular weight excluding hydrogens is 430 g/mol. The van der Waals surface area contributed by atoms with Gasteiger partial charge in [-0.05, 0) is 30.4 Å². The van der Waals surface area contributed by atoms with Crippen LogP contribution in [0, 0.1) is 0 Å². The molecule has 34 heavy (non-hydrogen) atoms. The van der Waals surface area contributed by atoms with Crippen molar-refractivity contribution in [1.29, 1.82) is 0 Å². The number of amides is 3. The number of carbonyl (C=O) groups excluding carboxylic acids is 3. The number of benzene rings is 2. The predicted molar refractivity (Wildman–Crippen MR) is 133 cm³/mol. The molecular formula is C27H35N3O4. The van der Waals surface area contributed by atoms with Crippen molar-refractivity contribution in [3.05, 3.63) is 84.4 Å². The standard InChI is InChI=1S/C27H35N3O4/c1-2-3-4-5-6-13-18-23(25(28)31)29-26(32)24(19-21-14-9-7-10-15-21)30-27(33)34-20-22-16-11-8-12-17-22/h2,7-12,14-17,23-24H,1,3-6,13,18-20H2,(H2,28,31)(H,29,32)(H,30,33)/t23-,24-/m0/s1. The Kier molecular flexibility index (Phi) is 12.0. The summed E-state index contributed by atoms with van der Waals surface area (Å²) in [5.41, 5.74) is 7.24. The number of carbonyl (C=O) groups is 3. The number of primary amides is 1. The highest BCUT2D eigenvalue weighted by molar-refractivity contribution is 5.90. The zero-order valence-electron chi connectivity index (χ0n) is 19.6. The van der Waals surface area contributed by atoms with Crippen molar-refractivity contribution in [1.82, 2.24) is 10.6 Å². The molecule has 2 rings (SSSR count). The van der Waals surface area contributed by atoms with Crippen molar-refractivity contribution < 1.29 is 19.1 Å². The maximum Gasteiger partial charge on any atom is 0.408 e. The lowest BCUT2D eigenvalue weighted by Gasteiger charge is -2.22. The summed E-state index contributed by atoms with van der Waals surface area (Å²) in [5.74, 6) is -1.07. The largest absolute Gasteiger partial charge is 0.445 e. The van der Waals surface area contributed by atoms with Crippen molar-refractivity contribution in [2.45, 2.75) is 63.6 Å². The van der Waals surface area contributed by atoms with Crippen LogP contribution in [0.3, 0.4) is 0 Å². The summed E-state index contributed by atoms with van der Waals surface area (Å²) < 4.78 is 5.28. The Labute approximate surface area is 201 Å². The highest BCUT2D eigenvalue weighted by Crippen LogP contribution is 2.10. The van der Waals surface area contributed by atoms with E-state index in [1.54, 1.807) is 0 Å². The van der Waals surface area contributed by atoms with Crippen LogP contribution in [0.15, 0.2) is 73.3 Å². The van der Waals surface area contributed by atoms with Crippen LogP contribution in [0.25, 0.3) is 0 Å². The van der Waals surface area contributed by atoms with E-state index in [1.807, 2.05) is 66.7 Å². The molecule has 0 spiro atoms. The number of rotatable bonds is 15. The van der Waals surface area contributed by atoms with Crippen molar-refractivity contribution >= 4 is 17.9 Å². The van der Waals surface area contributed by atoms with E-state index < -0.39 is 30.0 Å². The summed E-state index contributed by atoms with van der Waals surface area (Å²) in [7, 11) is 0. The lowest BCUT2D eigenvalue weighted by molar-refractivity contribution is -0.128. The van der Waals surface area contributed by atoms with Crippen molar-refractivity contribution in [3.63, 3.8) is 0 Å². The van der Waals surface area contributed by atoms with E-state index in [0.29, 0.717) is 6.42 Å². The Morgan fingerprint density at radius 3 is 2.09 bits per heavy atom. The number of nitrogens with one attached hydrogen (secondary N) is 2. The van der Waals surface area contributed by atoms with E-state index in [-0.39, 0.29) is 13.0 Å². The van der Waals surface area contributed by atoms with Crippen LogP contribution in [0.4, 0.5) is 4.79 Å². The predicted octanol–water partition coefficient (Wildman–Crippen LogP) is 4.02. The Morgan fingerprint density at radius 2 is 1.47 bits per heavy atom. The van der Waals surface area contributed by atoms with Gasteiger partial charge in [-0.2, -0.15) is 0 Å². The quantitative estimate of drug-likeness (QED) is 0.272. The molecule has 0 heterocycles. The second-order valence-corrected chi connectivity index (χ2v) is 8.19. The van der Waals surface area contributed by atoms with Crippen LogP contribution >= 0.6 is 0 Å². The second-order valence-electron chi connectivity index (χ2n) is 8.19. The van der Waals surface area contributed by atoms with Gasteiger partial charge in [0.1, 0.15) is 18.7 Å². The van der Waals surface area contributed by atoms with E-state index in [9.17, 15) is 14.4 Å².